The van der Waals surface area contributed by atoms with Gasteiger partial charge in [-0.2, -0.15) is 4.31 Å². The molecule has 0 aromatic heterocycles. The Morgan fingerprint density at radius 2 is 1.76 bits per heavy atom. The summed E-state index contributed by atoms with van der Waals surface area (Å²) in [5.41, 5.74) is 6.12. The number of sulfonamides is 1. The summed E-state index contributed by atoms with van der Waals surface area (Å²) in [7, 11) is -3.40. The first kappa shape index (κ1) is 14.0. The number of rotatable bonds is 5. The molecular weight excluding hydrogens is 236 g/mol. The fourth-order valence-electron chi connectivity index (χ4n) is 1.70. The number of hydrogen-bond donors (Lipinski definition) is 1. The molecule has 0 bridgehead atoms. The molecule has 1 aromatic rings. The lowest BCUT2D eigenvalue weighted by Gasteiger charge is -2.26. The lowest BCUT2D eigenvalue weighted by atomic mass is 10.3. The summed E-state index contributed by atoms with van der Waals surface area (Å²) in [6.07, 6.45) is 0.794. The Hall–Kier alpha value is -1.07. The van der Waals surface area contributed by atoms with E-state index in [1.807, 2.05) is 20.8 Å². The van der Waals surface area contributed by atoms with Crippen LogP contribution in [-0.2, 0) is 10.0 Å². The Bertz CT molecular complexity index is 454. The lowest BCUT2D eigenvalue weighted by molar-refractivity contribution is 0.342. The minimum atomic E-state index is -3.40. The first-order valence-corrected chi connectivity index (χ1v) is 7.24. The molecule has 1 unspecified atom stereocenters. The largest absolute Gasteiger partial charge is 0.399 e. The van der Waals surface area contributed by atoms with Crippen LogP contribution in [0.2, 0.25) is 0 Å². The SMILES string of the molecule is CCC(C)N(CC)S(=O)(=O)c1ccc(N)cc1. The monoisotopic (exact) mass is 256 g/mol. The Morgan fingerprint density at radius 1 is 1.24 bits per heavy atom. The van der Waals surface area contributed by atoms with Crippen LogP contribution in [0.4, 0.5) is 5.69 Å². The maximum absolute atomic E-state index is 12.4. The van der Waals surface area contributed by atoms with E-state index in [1.165, 1.54) is 4.31 Å². The molecule has 0 aliphatic carbocycles. The van der Waals surface area contributed by atoms with Crippen LogP contribution in [0.5, 0.6) is 0 Å². The van der Waals surface area contributed by atoms with Gasteiger partial charge >= 0.3 is 0 Å². The predicted molar refractivity (Wildman–Crippen MR) is 70.2 cm³/mol. The number of nitrogen functional groups attached to an aromatic ring is 1. The van der Waals surface area contributed by atoms with E-state index in [4.69, 9.17) is 5.73 Å². The number of benzene rings is 1. The van der Waals surface area contributed by atoms with Gasteiger partial charge in [-0.05, 0) is 37.6 Å². The number of anilines is 1. The van der Waals surface area contributed by atoms with Crippen LogP contribution in [0, 0.1) is 0 Å². The summed E-state index contributed by atoms with van der Waals surface area (Å²) in [6.45, 7) is 6.22. The van der Waals surface area contributed by atoms with Crippen LogP contribution < -0.4 is 5.73 Å². The Balaban J connectivity index is 3.13. The molecule has 0 amide bonds. The van der Waals surface area contributed by atoms with Crippen molar-refractivity contribution < 1.29 is 8.42 Å². The van der Waals surface area contributed by atoms with Crippen LogP contribution in [0.25, 0.3) is 0 Å². The summed E-state index contributed by atoms with van der Waals surface area (Å²) in [5.74, 6) is 0. The van der Waals surface area contributed by atoms with Crippen molar-refractivity contribution in [2.75, 3.05) is 12.3 Å². The van der Waals surface area contributed by atoms with Crippen molar-refractivity contribution >= 4 is 15.7 Å². The van der Waals surface area contributed by atoms with Gasteiger partial charge in [-0.15, -0.1) is 0 Å². The molecule has 2 N–H and O–H groups in total. The van der Waals surface area contributed by atoms with Crippen molar-refractivity contribution in [1.82, 2.24) is 4.31 Å². The van der Waals surface area contributed by atoms with Gasteiger partial charge in [0.05, 0.1) is 4.90 Å². The molecule has 5 heteroatoms. The molecular formula is C12H20N2O2S. The quantitative estimate of drug-likeness (QED) is 0.820. The summed E-state index contributed by atoms with van der Waals surface area (Å²) in [4.78, 5) is 0.300. The topological polar surface area (TPSA) is 63.4 Å². The molecule has 0 heterocycles. The van der Waals surface area contributed by atoms with Gasteiger partial charge in [0, 0.05) is 18.3 Å². The number of hydrogen-bond acceptors (Lipinski definition) is 3. The molecule has 0 aliphatic rings. The predicted octanol–water partition coefficient (Wildman–Crippen LogP) is 2.08. The molecule has 1 aromatic carbocycles. The lowest BCUT2D eigenvalue weighted by Crippen LogP contribution is -2.38. The third kappa shape index (κ3) is 2.98. The Morgan fingerprint density at radius 3 is 2.18 bits per heavy atom. The van der Waals surface area contributed by atoms with Gasteiger partial charge in [0.1, 0.15) is 0 Å². The molecule has 0 saturated carbocycles. The summed E-state index contributed by atoms with van der Waals surface area (Å²) < 4.78 is 26.2. The van der Waals surface area contributed by atoms with Crippen molar-refractivity contribution in [1.29, 1.82) is 0 Å². The Kier molecular flexibility index (Phi) is 4.54. The summed E-state index contributed by atoms with van der Waals surface area (Å²) >= 11 is 0. The number of nitrogens with zero attached hydrogens (tertiary/aromatic N) is 1. The van der Waals surface area contributed by atoms with Crippen LogP contribution in [0.1, 0.15) is 27.2 Å². The molecule has 1 atom stereocenters. The molecule has 0 spiro atoms. The van der Waals surface area contributed by atoms with E-state index >= 15 is 0 Å². The highest BCUT2D eigenvalue weighted by atomic mass is 32.2. The highest BCUT2D eigenvalue weighted by Crippen LogP contribution is 2.20. The molecule has 96 valence electrons. The molecule has 0 saturated heterocycles. The minimum Gasteiger partial charge on any atom is -0.399 e. The molecule has 17 heavy (non-hydrogen) atoms. The average molecular weight is 256 g/mol. The van der Waals surface area contributed by atoms with Crippen LogP contribution in [0.3, 0.4) is 0 Å². The maximum Gasteiger partial charge on any atom is 0.243 e. The Labute approximate surface area is 103 Å². The van der Waals surface area contributed by atoms with E-state index in [2.05, 4.69) is 0 Å². The van der Waals surface area contributed by atoms with E-state index in [0.717, 1.165) is 6.42 Å². The molecule has 0 fully saturated rings. The van der Waals surface area contributed by atoms with E-state index in [1.54, 1.807) is 24.3 Å². The number of nitrogens with two attached hydrogens (primary N) is 1. The second-order valence-electron chi connectivity index (χ2n) is 4.03. The van der Waals surface area contributed by atoms with Gasteiger partial charge in [0.2, 0.25) is 10.0 Å². The van der Waals surface area contributed by atoms with Gasteiger partial charge in [-0.25, -0.2) is 8.42 Å². The second-order valence-corrected chi connectivity index (χ2v) is 5.93. The van der Waals surface area contributed by atoms with Gasteiger partial charge in [-0.3, -0.25) is 0 Å². The van der Waals surface area contributed by atoms with E-state index < -0.39 is 10.0 Å². The fourth-order valence-corrected chi connectivity index (χ4v) is 3.41. The van der Waals surface area contributed by atoms with Gasteiger partial charge in [-0.1, -0.05) is 13.8 Å². The maximum atomic E-state index is 12.4. The highest BCUT2D eigenvalue weighted by molar-refractivity contribution is 7.89. The van der Waals surface area contributed by atoms with E-state index in [-0.39, 0.29) is 6.04 Å². The average Bonchev–Trinajstić information content (AvgIpc) is 2.29. The van der Waals surface area contributed by atoms with Crippen molar-refractivity contribution in [2.24, 2.45) is 0 Å². The zero-order chi connectivity index (χ0) is 13.1. The zero-order valence-electron chi connectivity index (χ0n) is 10.6. The van der Waals surface area contributed by atoms with Crippen molar-refractivity contribution in [3.05, 3.63) is 24.3 Å². The standard InChI is InChI=1S/C12H20N2O2S/c1-4-10(3)14(5-2)17(15,16)12-8-6-11(13)7-9-12/h6-10H,4-5,13H2,1-3H3. The minimum absolute atomic E-state index is 0.00236. The fraction of sp³-hybridized carbons (Fsp3) is 0.500. The van der Waals surface area contributed by atoms with Gasteiger partial charge in [0.25, 0.3) is 0 Å². The van der Waals surface area contributed by atoms with Crippen molar-refractivity contribution in [2.45, 2.75) is 38.1 Å². The first-order valence-electron chi connectivity index (χ1n) is 5.80. The normalized spacial score (nSPS) is 13.9. The highest BCUT2D eigenvalue weighted by Gasteiger charge is 2.26. The molecule has 0 aliphatic heterocycles. The van der Waals surface area contributed by atoms with E-state index in [0.29, 0.717) is 17.1 Å². The van der Waals surface area contributed by atoms with E-state index in [9.17, 15) is 8.42 Å². The van der Waals surface area contributed by atoms with Crippen molar-refractivity contribution in [3.8, 4) is 0 Å². The zero-order valence-corrected chi connectivity index (χ0v) is 11.4. The first-order chi connectivity index (χ1) is 7.93. The van der Waals surface area contributed by atoms with Crippen LogP contribution in [0.15, 0.2) is 29.2 Å². The molecule has 1 rings (SSSR count). The van der Waals surface area contributed by atoms with Crippen molar-refractivity contribution in [3.63, 3.8) is 0 Å². The summed E-state index contributed by atoms with van der Waals surface area (Å²) in [5, 5.41) is 0. The van der Waals surface area contributed by atoms with Gasteiger partial charge in [0.15, 0.2) is 0 Å². The van der Waals surface area contributed by atoms with Crippen LogP contribution in [-0.4, -0.2) is 25.3 Å². The van der Waals surface area contributed by atoms with Gasteiger partial charge < -0.3 is 5.73 Å². The summed E-state index contributed by atoms with van der Waals surface area (Å²) in [6, 6.07) is 6.32. The molecule has 0 radical (unpaired) electrons. The smallest absolute Gasteiger partial charge is 0.243 e. The third-order valence-electron chi connectivity index (χ3n) is 2.88. The second kappa shape index (κ2) is 5.51. The third-order valence-corrected chi connectivity index (χ3v) is 4.98. The molecule has 4 nitrogen and oxygen atoms in total. The van der Waals surface area contributed by atoms with Crippen LogP contribution >= 0.6 is 0 Å².